The first kappa shape index (κ1) is 11.9. The molecule has 0 aromatic rings. The molecule has 1 aliphatic carbocycles. The molecule has 0 amide bonds. The van der Waals surface area contributed by atoms with E-state index in [1.165, 1.54) is 56.7 Å². The summed E-state index contributed by atoms with van der Waals surface area (Å²) in [6.07, 6.45) is 12.0. The second-order valence-electron chi connectivity index (χ2n) is 5.54. The average Bonchev–Trinajstić information content (AvgIpc) is 2.65. The summed E-state index contributed by atoms with van der Waals surface area (Å²) < 4.78 is 5.97. The minimum atomic E-state index is 0.506. The highest BCUT2D eigenvalue weighted by Crippen LogP contribution is 2.43. The Morgan fingerprint density at radius 1 is 1.20 bits per heavy atom. The normalized spacial score (nSPS) is 35.6. The summed E-state index contributed by atoms with van der Waals surface area (Å²) in [5.74, 6) is 0. The molecule has 1 saturated heterocycles. The highest BCUT2D eigenvalue weighted by atomic mass is 79.9. The van der Waals surface area contributed by atoms with E-state index >= 15 is 0 Å². The van der Waals surface area contributed by atoms with Crippen molar-refractivity contribution >= 4 is 15.9 Å². The monoisotopic (exact) mass is 274 g/mol. The number of hydrogen-bond acceptors (Lipinski definition) is 1. The molecule has 0 bridgehead atoms. The maximum absolute atomic E-state index is 5.97. The van der Waals surface area contributed by atoms with E-state index in [1.54, 1.807) is 0 Å². The number of rotatable bonds is 3. The molecule has 15 heavy (non-hydrogen) atoms. The van der Waals surface area contributed by atoms with Crippen molar-refractivity contribution in [3.63, 3.8) is 0 Å². The zero-order valence-electron chi connectivity index (χ0n) is 9.80. The predicted octanol–water partition coefficient (Wildman–Crippen LogP) is 4.29. The third-order valence-electron chi connectivity index (χ3n) is 4.18. The van der Waals surface area contributed by atoms with E-state index in [2.05, 4.69) is 22.9 Å². The second kappa shape index (κ2) is 5.18. The Labute approximate surface area is 102 Å². The van der Waals surface area contributed by atoms with Crippen LogP contribution in [0.15, 0.2) is 0 Å². The zero-order valence-corrected chi connectivity index (χ0v) is 11.4. The average molecular weight is 275 g/mol. The van der Waals surface area contributed by atoms with Crippen LogP contribution in [0.5, 0.6) is 0 Å². The summed E-state index contributed by atoms with van der Waals surface area (Å²) in [6.45, 7) is 2.21. The Morgan fingerprint density at radius 2 is 1.93 bits per heavy atom. The van der Waals surface area contributed by atoms with Crippen LogP contribution < -0.4 is 0 Å². The van der Waals surface area contributed by atoms with E-state index in [0.29, 0.717) is 17.6 Å². The molecule has 1 saturated carbocycles. The SMILES string of the molecule is CC1CCC(CC2(CBr)CCCCC2)O1. The van der Waals surface area contributed by atoms with Gasteiger partial charge in [0.05, 0.1) is 12.2 Å². The molecule has 2 fully saturated rings. The third kappa shape index (κ3) is 2.97. The molecular formula is C13H23BrO. The molecule has 2 rings (SSSR count). The molecule has 0 spiro atoms. The topological polar surface area (TPSA) is 9.23 Å². The van der Waals surface area contributed by atoms with Gasteiger partial charge in [-0.2, -0.15) is 0 Å². The standard InChI is InChI=1S/C13H23BrO/c1-11-5-6-12(15-11)9-13(10-14)7-3-2-4-8-13/h11-12H,2-10H2,1H3. The predicted molar refractivity (Wildman–Crippen MR) is 67.5 cm³/mol. The third-order valence-corrected chi connectivity index (χ3v) is 5.37. The fraction of sp³-hybridized carbons (Fsp3) is 1.00. The van der Waals surface area contributed by atoms with Gasteiger partial charge in [-0.25, -0.2) is 0 Å². The molecule has 2 aliphatic rings. The van der Waals surface area contributed by atoms with Gasteiger partial charge in [-0.15, -0.1) is 0 Å². The van der Waals surface area contributed by atoms with Crippen LogP contribution in [0, 0.1) is 5.41 Å². The molecular weight excluding hydrogens is 252 g/mol. The van der Waals surface area contributed by atoms with Crippen LogP contribution in [-0.2, 0) is 4.74 Å². The summed E-state index contributed by atoms with van der Waals surface area (Å²) in [4.78, 5) is 0. The van der Waals surface area contributed by atoms with Crippen LogP contribution in [0.25, 0.3) is 0 Å². The quantitative estimate of drug-likeness (QED) is 0.698. The molecule has 1 nitrogen and oxygen atoms in total. The van der Waals surface area contributed by atoms with Gasteiger partial charge in [0.1, 0.15) is 0 Å². The number of ether oxygens (including phenoxy) is 1. The van der Waals surface area contributed by atoms with Gasteiger partial charge in [-0.05, 0) is 44.4 Å². The summed E-state index contributed by atoms with van der Waals surface area (Å²) in [6, 6.07) is 0. The van der Waals surface area contributed by atoms with Gasteiger partial charge < -0.3 is 4.74 Å². The molecule has 88 valence electrons. The summed E-state index contributed by atoms with van der Waals surface area (Å²) in [5, 5.41) is 1.17. The maximum atomic E-state index is 5.97. The minimum Gasteiger partial charge on any atom is -0.375 e. The highest BCUT2D eigenvalue weighted by Gasteiger charge is 2.35. The summed E-state index contributed by atoms with van der Waals surface area (Å²) >= 11 is 3.73. The lowest BCUT2D eigenvalue weighted by atomic mass is 9.72. The number of hydrogen-bond donors (Lipinski definition) is 0. The Morgan fingerprint density at radius 3 is 2.47 bits per heavy atom. The Bertz CT molecular complexity index is 199. The Balaban J connectivity index is 1.89. The van der Waals surface area contributed by atoms with Crippen LogP contribution >= 0.6 is 15.9 Å². The van der Waals surface area contributed by atoms with Gasteiger partial charge in [-0.1, -0.05) is 35.2 Å². The van der Waals surface area contributed by atoms with Crippen molar-refractivity contribution in [3.8, 4) is 0 Å². The second-order valence-corrected chi connectivity index (χ2v) is 6.11. The lowest BCUT2D eigenvalue weighted by molar-refractivity contribution is 0.0178. The molecule has 0 aromatic heterocycles. The fourth-order valence-corrected chi connectivity index (χ4v) is 4.00. The molecule has 0 N–H and O–H groups in total. The Kier molecular flexibility index (Phi) is 4.11. The van der Waals surface area contributed by atoms with Crippen LogP contribution in [0.3, 0.4) is 0 Å². The summed E-state index contributed by atoms with van der Waals surface area (Å²) in [7, 11) is 0. The van der Waals surface area contributed by atoms with Crippen molar-refractivity contribution in [1.82, 2.24) is 0 Å². The van der Waals surface area contributed by atoms with E-state index in [0.717, 1.165) is 0 Å². The lowest BCUT2D eigenvalue weighted by Gasteiger charge is -2.37. The first-order valence-corrected chi connectivity index (χ1v) is 7.58. The van der Waals surface area contributed by atoms with Crippen molar-refractivity contribution in [3.05, 3.63) is 0 Å². The molecule has 0 aromatic carbocycles. The first-order valence-electron chi connectivity index (χ1n) is 6.45. The van der Waals surface area contributed by atoms with Crippen molar-refractivity contribution in [2.24, 2.45) is 5.41 Å². The van der Waals surface area contributed by atoms with E-state index in [-0.39, 0.29) is 0 Å². The molecule has 2 atom stereocenters. The Hall–Kier alpha value is 0.440. The van der Waals surface area contributed by atoms with E-state index < -0.39 is 0 Å². The molecule has 2 unspecified atom stereocenters. The maximum Gasteiger partial charge on any atom is 0.0585 e. The highest BCUT2D eigenvalue weighted by molar-refractivity contribution is 9.09. The van der Waals surface area contributed by atoms with Gasteiger partial charge in [0.15, 0.2) is 0 Å². The van der Waals surface area contributed by atoms with Crippen molar-refractivity contribution in [2.75, 3.05) is 5.33 Å². The molecule has 1 aliphatic heterocycles. The lowest BCUT2D eigenvalue weighted by Crippen LogP contribution is -2.30. The van der Waals surface area contributed by atoms with Gasteiger partial charge >= 0.3 is 0 Å². The minimum absolute atomic E-state index is 0.506. The van der Waals surface area contributed by atoms with Crippen LogP contribution in [0.2, 0.25) is 0 Å². The number of halogens is 1. The van der Waals surface area contributed by atoms with Crippen molar-refractivity contribution < 1.29 is 4.74 Å². The smallest absolute Gasteiger partial charge is 0.0585 e. The van der Waals surface area contributed by atoms with Crippen molar-refractivity contribution in [2.45, 2.75) is 70.5 Å². The van der Waals surface area contributed by atoms with Gasteiger partial charge in [0.2, 0.25) is 0 Å². The van der Waals surface area contributed by atoms with Gasteiger partial charge in [0.25, 0.3) is 0 Å². The van der Waals surface area contributed by atoms with E-state index in [9.17, 15) is 0 Å². The fourth-order valence-electron chi connectivity index (χ4n) is 3.21. The van der Waals surface area contributed by atoms with E-state index in [4.69, 9.17) is 4.74 Å². The number of alkyl halides is 1. The zero-order chi connectivity index (χ0) is 10.7. The van der Waals surface area contributed by atoms with E-state index in [1.807, 2.05) is 0 Å². The van der Waals surface area contributed by atoms with Crippen molar-refractivity contribution in [1.29, 1.82) is 0 Å². The summed E-state index contributed by atoms with van der Waals surface area (Å²) in [5.41, 5.74) is 0.562. The van der Waals surface area contributed by atoms with Crippen LogP contribution in [-0.4, -0.2) is 17.5 Å². The first-order chi connectivity index (χ1) is 7.24. The molecule has 1 heterocycles. The van der Waals surface area contributed by atoms with Crippen LogP contribution in [0.1, 0.15) is 58.3 Å². The van der Waals surface area contributed by atoms with Crippen LogP contribution in [0.4, 0.5) is 0 Å². The molecule has 2 heteroatoms. The molecule has 0 radical (unpaired) electrons. The van der Waals surface area contributed by atoms with Gasteiger partial charge in [0, 0.05) is 5.33 Å². The largest absolute Gasteiger partial charge is 0.375 e. The van der Waals surface area contributed by atoms with Gasteiger partial charge in [-0.3, -0.25) is 0 Å².